The first-order valence-corrected chi connectivity index (χ1v) is 15.6. The van der Waals surface area contributed by atoms with Gasteiger partial charge in [0.05, 0.1) is 0 Å². The van der Waals surface area contributed by atoms with Gasteiger partial charge in [-0.05, 0) is 10.8 Å². The van der Waals surface area contributed by atoms with Crippen molar-refractivity contribution in [3.8, 4) is 0 Å². The molecule has 0 spiro atoms. The zero-order valence-corrected chi connectivity index (χ0v) is 30.3. The fraction of sp³-hybridized carbons (Fsp3) is 0.368. The summed E-state index contributed by atoms with van der Waals surface area (Å²) >= 11 is 1.51. The van der Waals surface area contributed by atoms with E-state index in [-0.39, 0.29) is 35.6 Å². The number of rotatable bonds is 2. The van der Waals surface area contributed by atoms with Crippen molar-refractivity contribution in [1.82, 2.24) is 0 Å². The second-order valence-corrected chi connectivity index (χ2v) is 14.6. The van der Waals surface area contributed by atoms with Gasteiger partial charge in [-0.2, -0.15) is 11.6 Å². The molecule has 0 atom stereocenters. The van der Waals surface area contributed by atoms with Gasteiger partial charge in [-0.25, -0.2) is 6.08 Å². The van der Waals surface area contributed by atoms with E-state index >= 15 is 0 Å². The van der Waals surface area contributed by atoms with Gasteiger partial charge < -0.3 is 24.8 Å². The molecule has 0 N–H and O–H groups in total. The number of fused-ring (bicyclic) bond motifs is 3. The Kier molecular flexibility index (Phi) is 14.3. The maximum absolute atomic E-state index is 3.16. The molecule has 0 aliphatic heterocycles. The van der Waals surface area contributed by atoms with Gasteiger partial charge in [0.25, 0.3) is 0 Å². The van der Waals surface area contributed by atoms with E-state index in [1.807, 2.05) is 6.07 Å². The van der Waals surface area contributed by atoms with Crippen LogP contribution < -0.4 is 24.8 Å². The minimum atomic E-state index is 0. The van der Waals surface area contributed by atoms with Crippen LogP contribution in [-0.4, -0.2) is 3.71 Å². The summed E-state index contributed by atoms with van der Waals surface area (Å²) in [6, 6.07) is 26.7. The summed E-state index contributed by atoms with van der Waals surface area (Å²) in [6.45, 7) is 20.3. The zero-order valence-electron chi connectivity index (χ0n) is 26.3. The van der Waals surface area contributed by atoms with Crippen molar-refractivity contribution in [2.75, 3.05) is 0 Å². The van der Waals surface area contributed by atoms with Crippen LogP contribution in [0.3, 0.4) is 0 Å². The molecule has 0 fully saturated rings. The average molecular weight is 665 g/mol. The number of halogens is 2. The first-order valence-electron chi connectivity index (χ1n) is 14.1. The van der Waals surface area contributed by atoms with Gasteiger partial charge in [0.1, 0.15) is 0 Å². The van der Waals surface area contributed by atoms with Gasteiger partial charge in [-0.15, -0.1) is 46.2 Å². The predicted octanol–water partition coefficient (Wildman–Crippen LogP) is 4.61. The number of hydrogen-bond donors (Lipinski definition) is 0. The van der Waals surface area contributed by atoms with Crippen LogP contribution in [0.25, 0.3) is 21.5 Å². The van der Waals surface area contributed by atoms with Gasteiger partial charge in [-0.3, -0.25) is 6.08 Å². The Labute approximate surface area is 277 Å². The second-order valence-electron chi connectivity index (χ2n) is 13.6. The van der Waals surface area contributed by atoms with Gasteiger partial charge in [0.15, 0.2) is 0 Å². The van der Waals surface area contributed by atoms with E-state index in [1.54, 1.807) is 0 Å². The van der Waals surface area contributed by atoms with E-state index in [0.717, 1.165) is 12.8 Å². The van der Waals surface area contributed by atoms with Crippen molar-refractivity contribution in [3.05, 3.63) is 113 Å². The third-order valence-electron chi connectivity index (χ3n) is 7.18. The molecule has 0 amide bonds. The van der Waals surface area contributed by atoms with E-state index in [1.165, 1.54) is 68.0 Å². The van der Waals surface area contributed by atoms with E-state index in [2.05, 4.69) is 151 Å². The van der Waals surface area contributed by atoms with Crippen molar-refractivity contribution in [2.24, 2.45) is 5.41 Å². The molecule has 0 radical (unpaired) electrons. The van der Waals surface area contributed by atoms with E-state index in [0.29, 0.717) is 5.41 Å². The van der Waals surface area contributed by atoms with Crippen LogP contribution in [0.5, 0.6) is 0 Å². The quantitative estimate of drug-likeness (QED) is 0.275. The molecular weight excluding hydrogens is 619 g/mol. The van der Waals surface area contributed by atoms with Gasteiger partial charge in [-0.1, -0.05) is 103 Å². The van der Waals surface area contributed by atoms with Crippen molar-refractivity contribution >= 4 is 25.3 Å². The van der Waals surface area contributed by atoms with E-state index in [9.17, 15) is 0 Å². The predicted molar refractivity (Wildman–Crippen MR) is 171 cm³/mol. The van der Waals surface area contributed by atoms with Gasteiger partial charge in [0, 0.05) is 0 Å². The standard InChI is InChI=1S/C21H25.C9H13.C8H8.2ClH.Zr/c1-20(2,3)16-7-9-18-14(12-16)11-15-13-17(21(4,5)6)8-10-19(15)18;1-9(2,3)8-6-4-5-7-8;1-2-8-6-4-3-5-7-8;;;/h7-13H,1-6H3;6-7H,4H2,1-3H3;1,3-7H,2H2;2*1H;/q2*-1;;;;+2/p-2. The molecule has 0 heterocycles. The molecule has 0 aromatic heterocycles. The van der Waals surface area contributed by atoms with E-state index < -0.39 is 0 Å². The average Bonchev–Trinajstić information content (AvgIpc) is 3.52. The summed E-state index contributed by atoms with van der Waals surface area (Å²) in [5.74, 6) is 0. The van der Waals surface area contributed by atoms with Crippen LogP contribution in [0.15, 0.2) is 90.5 Å². The topological polar surface area (TPSA) is 0 Å². The molecule has 5 rings (SSSR count). The van der Waals surface area contributed by atoms with Crippen molar-refractivity contribution in [3.63, 3.8) is 0 Å². The molecule has 4 aromatic carbocycles. The number of hydrogen-bond acceptors (Lipinski definition) is 0. The summed E-state index contributed by atoms with van der Waals surface area (Å²) in [6.07, 6.45) is 9.63. The molecule has 0 saturated heterocycles. The fourth-order valence-electron chi connectivity index (χ4n) is 4.61. The summed E-state index contributed by atoms with van der Waals surface area (Å²) < 4.78 is 2.25. The third-order valence-corrected chi connectivity index (χ3v) is 7.68. The van der Waals surface area contributed by atoms with Crippen molar-refractivity contribution < 1.29 is 49.0 Å². The maximum atomic E-state index is 3.16. The Morgan fingerprint density at radius 2 is 1.20 bits per heavy atom. The Bertz CT molecular complexity index is 1380. The van der Waals surface area contributed by atoms with Crippen LogP contribution in [-0.2, 0) is 41.5 Å². The molecule has 0 saturated carbocycles. The van der Waals surface area contributed by atoms with Crippen molar-refractivity contribution in [2.45, 2.75) is 86.0 Å². The molecule has 1 aliphatic carbocycles. The minimum absolute atomic E-state index is 0. The Balaban J connectivity index is 0.000000351. The monoisotopic (exact) mass is 662 g/mol. The Hall–Kier alpha value is -1.66. The molecule has 0 nitrogen and oxygen atoms in total. The normalized spacial score (nSPS) is 12.8. The molecule has 218 valence electrons. The Morgan fingerprint density at radius 1 is 0.707 bits per heavy atom. The van der Waals surface area contributed by atoms with Crippen LogP contribution in [0.1, 0.15) is 85.4 Å². The van der Waals surface area contributed by atoms with Crippen LogP contribution in [0.4, 0.5) is 0 Å². The molecule has 4 aromatic rings. The first-order chi connectivity index (χ1) is 18.2. The zero-order chi connectivity index (χ0) is 28.8. The first kappa shape index (κ1) is 37.4. The fourth-order valence-corrected chi connectivity index (χ4v) is 5.19. The van der Waals surface area contributed by atoms with Crippen molar-refractivity contribution in [1.29, 1.82) is 0 Å². The summed E-state index contributed by atoms with van der Waals surface area (Å²) in [5, 5.41) is 5.48. The second kappa shape index (κ2) is 15.7. The van der Waals surface area contributed by atoms with Crippen LogP contribution in [0, 0.1) is 11.5 Å². The summed E-state index contributed by atoms with van der Waals surface area (Å²) in [4.78, 5) is 0. The number of allylic oxidation sites excluding steroid dienone is 4. The Morgan fingerprint density at radius 3 is 1.54 bits per heavy atom. The van der Waals surface area contributed by atoms with Crippen LogP contribution in [0.2, 0.25) is 0 Å². The summed E-state index contributed by atoms with van der Waals surface area (Å²) in [7, 11) is 0. The molecule has 0 bridgehead atoms. The molecule has 41 heavy (non-hydrogen) atoms. The van der Waals surface area contributed by atoms with Gasteiger partial charge >= 0.3 is 70.3 Å². The van der Waals surface area contributed by atoms with E-state index in [4.69, 9.17) is 0 Å². The molecule has 1 aliphatic rings. The molecule has 0 unspecified atom stereocenters. The molecule has 3 heteroatoms. The number of benzene rings is 3. The summed E-state index contributed by atoms with van der Waals surface area (Å²) in [5.41, 5.74) is 6.37. The van der Waals surface area contributed by atoms with Gasteiger partial charge in [0.2, 0.25) is 0 Å². The molecular formula is C38H46Cl2Zr-2. The SMILES string of the molecule is CC(C)(C)C1=CC[C-]=C1.CC(C)(C)c1ccc2c(c1)[cH-]c1cc(C(C)(C)C)ccc12.[Cl-].[Cl-].[Zr+2]=[CH]Cc1ccccc1. The van der Waals surface area contributed by atoms with Crippen LogP contribution >= 0.6 is 0 Å². The third kappa shape index (κ3) is 10.8.